The second kappa shape index (κ2) is 8.08. The third-order valence-corrected chi connectivity index (χ3v) is 5.18. The number of aromatic hydroxyl groups is 2. The average molecular weight is 404 g/mol. The van der Waals surface area contributed by atoms with E-state index in [1.165, 1.54) is 27.4 Å². The van der Waals surface area contributed by atoms with Crippen LogP contribution in [0.4, 0.5) is 0 Å². The molecule has 1 saturated heterocycles. The molecule has 0 spiro atoms. The predicted octanol–water partition coefficient (Wildman–Crippen LogP) is 1.81. The summed E-state index contributed by atoms with van der Waals surface area (Å²) < 4.78 is 20.6. The lowest BCUT2D eigenvalue weighted by atomic mass is 9.80. The number of hydrogen-bond acceptors (Lipinski definition) is 8. The summed E-state index contributed by atoms with van der Waals surface area (Å²) in [6, 6.07) is 7.95. The van der Waals surface area contributed by atoms with Crippen LogP contribution in [0.25, 0.3) is 0 Å². The summed E-state index contributed by atoms with van der Waals surface area (Å²) in [5.74, 6) is -0.720. The first kappa shape index (κ1) is 20.6. The van der Waals surface area contributed by atoms with E-state index in [1.54, 1.807) is 24.3 Å². The highest BCUT2D eigenvalue weighted by molar-refractivity contribution is 5.82. The van der Waals surface area contributed by atoms with E-state index in [2.05, 4.69) is 0 Å². The van der Waals surface area contributed by atoms with Crippen LogP contribution in [0.5, 0.6) is 28.7 Å². The van der Waals surface area contributed by atoms with Crippen molar-refractivity contribution in [3.05, 3.63) is 41.5 Å². The zero-order valence-corrected chi connectivity index (χ0v) is 16.5. The molecule has 0 saturated carbocycles. The van der Waals surface area contributed by atoms with Crippen LogP contribution in [-0.4, -0.2) is 54.8 Å². The molecule has 1 heterocycles. The van der Waals surface area contributed by atoms with Crippen molar-refractivity contribution in [2.45, 2.75) is 18.4 Å². The lowest BCUT2D eigenvalue weighted by molar-refractivity contribution is -0.154. The molecule has 0 amide bonds. The Hall–Kier alpha value is -3.13. The van der Waals surface area contributed by atoms with Crippen molar-refractivity contribution in [3.63, 3.8) is 0 Å². The summed E-state index contributed by atoms with van der Waals surface area (Å²) in [6.07, 6.45) is 0.296. The number of carbonyl (C=O) groups excluding carboxylic acids is 1. The molecule has 2 atom stereocenters. The Bertz CT molecular complexity index is 885. The first-order valence-corrected chi connectivity index (χ1v) is 9.01. The van der Waals surface area contributed by atoms with Crippen molar-refractivity contribution >= 4 is 5.97 Å². The predicted molar refractivity (Wildman–Crippen MR) is 103 cm³/mol. The van der Waals surface area contributed by atoms with Crippen LogP contribution in [0.3, 0.4) is 0 Å². The number of phenolic OH excluding ortho intramolecular Hbond substituents is 2. The number of cyclic esters (lactones) is 1. The van der Waals surface area contributed by atoms with E-state index < -0.39 is 17.5 Å². The summed E-state index contributed by atoms with van der Waals surface area (Å²) in [4.78, 5) is 12.4. The van der Waals surface area contributed by atoms with Crippen LogP contribution < -0.4 is 14.2 Å². The molecule has 0 radical (unpaired) electrons. The Kier molecular flexibility index (Phi) is 5.74. The zero-order valence-electron chi connectivity index (χ0n) is 16.5. The number of carbonyl (C=O) groups is 1. The Labute approximate surface area is 168 Å². The fourth-order valence-corrected chi connectivity index (χ4v) is 3.54. The summed E-state index contributed by atoms with van der Waals surface area (Å²) in [6.45, 7) is 0.0604. The monoisotopic (exact) mass is 404 g/mol. The molecule has 1 fully saturated rings. The molecular formula is C21H24O8. The van der Waals surface area contributed by atoms with Crippen LogP contribution >= 0.6 is 0 Å². The molecule has 2 aromatic rings. The van der Waals surface area contributed by atoms with E-state index in [0.29, 0.717) is 17.7 Å². The van der Waals surface area contributed by atoms with Gasteiger partial charge in [-0.15, -0.1) is 0 Å². The number of rotatable bonds is 7. The van der Waals surface area contributed by atoms with Crippen molar-refractivity contribution in [3.8, 4) is 28.7 Å². The highest BCUT2D eigenvalue weighted by Crippen LogP contribution is 2.40. The van der Waals surface area contributed by atoms with Gasteiger partial charge in [-0.3, -0.25) is 0 Å². The average Bonchev–Trinajstić information content (AvgIpc) is 2.98. The number of hydrogen-bond donors (Lipinski definition) is 3. The van der Waals surface area contributed by atoms with E-state index in [9.17, 15) is 20.1 Å². The minimum Gasteiger partial charge on any atom is -0.504 e. The van der Waals surface area contributed by atoms with Crippen LogP contribution in [0, 0.1) is 5.92 Å². The van der Waals surface area contributed by atoms with Crippen molar-refractivity contribution < 1.29 is 39.1 Å². The summed E-state index contributed by atoms with van der Waals surface area (Å²) in [7, 11) is 4.25. The maximum absolute atomic E-state index is 12.4. The fraction of sp³-hybridized carbons (Fsp3) is 0.381. The van der Waals surface area contributed by atoms with Gasteiger partial charge in [0.1, 0.15) is 0 Å². The number of phenols is 2. The van der Waals surface area contributed by atoms with E-state index in [4.69, 9.17) is 18.9 Å². The van der Waals surface area contributed by atoms with Gasteiger partial charge in [-0.05, 0) is 41.8 Å². The van der Waals surface area contributed by atoms with Gasteiger partial charge >= 0.3 is 5.97 Å². The highest BCUT2D eigenvalue weighted by Gasteiger charge is 2.51. The van der Waals surface area contributed by atoms with E-state index in [1.807, 2.05) is 0 Å². The topological polar surface area (TPSA) is 115 Å². The molecule has 0 aliphatic carbocycles. The molecule has 3 N–H and O–H groups in total. The minimum absolute atomic E-state index is 0.00791. The second-order valence-electron chi connectivity index (χ2n) is 6.96. The van der Waals surface area contributed by atoms with Gasteiger partial charge in [0, 0.05) is 12.3 Å². The van der Waals surface area contributed by atoms with Gasteiger partial charge in [0.25, 0.3) is 0 Å². The maximum atomic E-state index is 12.4. The largest absolute Gasteiger partial charge is 0.504 e. The molecule has 8 heteroatoms. The number of esters is 1. The molecule has 1 aliphatic rings. The SMILES string of the molecule is COc1cc(C[C@H]2COC(=O)[C@]2(O)Cc2cc(OC)c(O)c(OC)c2)ccc1O. The Balaban J connectivity index is 1.89. The standard InChI is InChI=1S/C21H24O8/c1-26-16-7-12(4-5-15(16)22)6-14-11-29-20(24)21(14,25)10-13-8-17(27-2)19(23)18(9-13)28-3/h4-5,7-9,14,22-23,25H,6,10-11H2,1-3H3/t14-,21-/m0/s1. The van der Waals surface area contributed by atoms with Crippen molar-refractivity contribution in [1.29, 1.82) is 0 Å². The van der Waals surface area contributed by atoms with Crippen LogP contribution in [0.15, 0.2) is 30.3 Å². The first-order chi connectivity index (χ1) is 13.8. The molecule has 8 nitrogen and oxygen atoms in total. The summed E-state index contributed by atoms with van der Waals surface area (Å²) in [5, 5.41) is 31.0. The van der Waals surface area contributed by atoms with Crippen LogP contribution in [-0.2, 0) is 22.4 Å². The molecule has 0 unspecified atom stereocenters. The third-order valence-electron chi connectivity index (χ3n) is 5.18. The van der Waals surface area contributed by atoms with Gasteiger partial charge in [-0.1, -0.05) is 6.07 Å². The molecular weight excluding hydrogens is 380 g/mol. The lowest BCUT2D eigenvalue weighted by Gasteiger charge is -2.26. The van der Waals surface area contributed by atoms with Crippen molar-refractivity contribution in [2.24, 2.45) is 5.92 Å². The smallest absolute Gasteiger partial charge is 0.338 e. The van der Waals surface area contributed by atoms with Crippen molar-refractivity contribution in [2.75, 3.05) is 27.9 Å². The molecule has 1 aliphatic heterocycles. The molecule has 0 aromatic heterocycles. The molecule has 2 aromatic carbocycles. The first-order valence-electron chi connectivity index (χ1n) is 9.01. The van der Waals surface area contributed by atoms with E-state index in [-0.39, 0.29) is 36.0 Å². The molecule has 0 bridgehead atoms. The highest BCUT2D eigenvalue weighted by atomic mass is 16.6. The maximum Gasteiger partial charge on any atom is 0.338 e. The Morgan fingerprint density at radius 1 is 1.00 bits per heavy atom. The van der Waals surface area contributed by atoms with Gasteiger partial charge in [0.15, 0.2) is 28.6 Å². The van der Waals surface area contributed by atoms with E-state index in [0.717, 1.165) is 5.56 Å². The lowest BCUT2D eigenvalue weighted by Crippen LogP contribution is -2.44. The molecule has 156 valence electrons. The van der Waals surface area contributed by atoms with Gasteiger partial charge in [-0.2, -0.15) is 0 Å². The van der Waals surface area contributed by atoms with E-state index >= 15 is 0 Å². The van der Waals surface area contributed by atoms with Gasteiger partial charge in [-0.25, -0.2) is 4.79 Å². The molecule has 3 rings (SSSR count). The third kappa shape index (κ3) is 3.88. The number of aliphatic hydroxyl groups is 1. The van der Waals surface area contributed by atoms with Crippen molar-refractivity contribution in [1.82, 2.24) is 0 Å². The number of methoxy groups -OCH3 is 3. The quantitative estimate of drug-likeness (QED) is 0.599. The number of ether oxygens (including phenoxy) is 4. The minimum atomic E-state index is -1.77. The van der Waals surface area contributed by atoms with Crippen LogP contribution in [0.1, 0.15) is 11.1 Å². The summed E-state index contributed by atoms with van der Waals surface area (Å²) >= 11 is 0. The van der Waals surface area contributed by atoms with Gasteiger partial charge in [0.2, 0.25) is 5.75 Å². The summed E-state index contributed by atoms with van der Waals surface area (Å²) in [5.41, 5.74) is -0.439. The van der Waals surface area contributed by atoms with Gasteiger partial charge in [0.05, 0.1) is 27.9 Å². The Morgan fingerprint density at radius 3 is 2.17 bits per heavy atom. The molecule has 29 heavy (non-hydrogen) atoms. The Morgan fingerprint density at radius 2 is 1.59 bits per heavy atom. The second-order valence-corrected chi connectivity index (χ2v) is 6.96. The normalized spacial score (nSPS) is 21.0. The fourth-order valence-electron chi connectivity index (χ4n) is 3.54. The van der Waals surface area contributed by atoms with Crippen LogP contribution in [0.2, 0.25) is 0 Å². The number of benzene rings is 2. The van der Waals surface area contributed by atoms with Gasteiger partial charge < -0.3 is 34.3 Å². The zero-order chi connectivity index (χ0) is 21.2.